The van der Waals surface area contributed by atoms with Crippen LogP contribution in [-0.4, -0.2) is 20.1 Å². The second-order valence-corrected chi connectivity index (χ2v) is 8.56. The van der Waals surface area contributed by atoms with Crippen molar-refractivity contribution in [2.24, 2.45) is 0 Å². The third-order valence-corrected chi connectivity index (χ3v) is 6.73. The molecule has 1 unspecified atom stereocenters. The molecule has 33 heavy (non-hydrogen) atoms. The minimum Gasteiger partial charge on any atom is -0.497 e. The van der Waals surface area contributed by atoms with Crippen molar-refractivity contribution in [3.05, 3.63) is 101 Å². The number of anilines is 1. The van der Waals surface area contributed by atoms with Crippen molar-refractivity contribution in [2.45, 2.75) is 18.9 Å². The van der Waals surface area contributed by atoms with Gasteiger partial charge in [0.05, 0.1) is 20.8 Å². The zero-order valence-corrected chi connectivity index (χ0v) is 19.3. The van der Waals surface area contributed by atoms with E-state index in [4.69, 9.17) is 21.1 Å². The van der Waals surface area contributed by atoms with Gasteiger partial charge in [0.25, 0.3) is 0 Å². The van der Waals surface area contributed by atoms with Crippen LogP contribution >= 0.6 is 11.6 Å². The highest BCUT2D eigenvalue weighted by molar-refractivity contribution is 6.31. The Balaban J connectivity index is 1.72. The van der Waals surface area contributed by atoms with Crippen LogP contribution in [0.5, 0.6) is 11.5 Å². The van der Waals surface area contributed by atoms with E-state index in [9.17, 15) is 4.79 Å². The van der Waals surface area contributed by atoms with Gasteiger partial charge in [-0.05, 0) is 52.2 Å². The molecule has 5 rings (SSSR count). The minimum absolute atomic E-state index is 0.0487. The highest BCUT2D eigenvalue weighted by atomic mass is 35.5. The molecular weight excluding hydrogens is 434 g/mol. The van der Waals surface area contributed by atoms with E-state index in [1.807, 2.05) is 65.6 Å². The molecule has 0 saturated carbocycles. The largest absolute Gasteiger partial charge is 0.497 e. The molecule has 4 aromatic rings. The zero-order valence-electron chi connectivity index (χ0n) is 18.5. The first-order chi connectivity index (χ1) is 16.1. The lowest BCUT2D eigenvalue weighted by atomic mass is 9.80. The van der Waals surface area contributed by atoms with E-state index in [2.05, 4.69) is 18.2 Å². The highest BCUT2D eigenvalue weighted by Gasteiger charge is 2.35. The number of carbonyl (C=O) groups is 1. The van der Waals surface area contributed by atoms with Crippen molar-refractivity contribution in [1.82, 2.24) is 0 Å². The predicted octanol–water partition coefficient (Wildman–Crippen LogP) is 6.58. The van der Waals surface area contributed by atoms with Gasteiger partial charge < -0.3 is 14.4 Å². The summed E-state index contributed by atoms with van der Waals surface area (Å²) in [6, 6.07) is 25.8. The standard InChI is InChI=1S/C28H24ClNO3/c1-32-20-12-14-26(33-2)22(15-20)23-16-27(31)30(17-19-8-4-6-10-24(19)29)25-13-11-18-7-3-5-9-21(18)28(23)25/h3-15,23H,16-17H2,1-2H3. The van der Waals surface area contributed by atoms with Gasteiger partial charge in [0.1, 0.15) is 11.5 Å². The number of halogens is 1. The lowest BCUT2D eigenvalue weighted by molar-refractivity contribution is -0.119. The molecule has 0 spiro atoms. The first-order valence-corrected chi connectivity index (χ1v) is 11.3. The third-order valence-electron chi connectivity index (χ3n) is 6.37. The molecule has 0 fully saturated rings. The Bertz CT molecular complexity index is 1350. The third kappa shape index (κ3) is 3.81. The quantitative estimate of drug-likeness (QED) is 0.340. The van der Waals surface area contributed by atoms with Gasteiger partial charge in [0, 0.05) is 28.6 Å². The summed E-state index contributed by atoms with van der Waals surface area (Å²) in [6.45, 7) is 0.422. The van der Waals surface area contributed by atoms with Crippen LogP contribution in [0, 0.1) is 0 Å². The molecule has 1 amide bonds. The fourth-order valence-corrected chi connectivity index (χ4v) is 4.95. The van der Waals surface area contributed by atoms with Crippen LogP contribution in [0.4, 0.5) is 5.69 Å². The van der Waals surface area contributed by atoms with Crippen LogP contribution in [0.1, 0.15) is 29.0 Å². The minimum atomic E-state index is -0.161. The van der Waals surface area contributed by atoms with E-state index in [0.717, 1.165) is 44.6 Å². The summed E-state index contributed by atoms with van der Waals surface area (Å²) < 4.78 is 11.2. The van der Waals surface area contributed by atoms with E-state index in [1.165, 1.54) is 0 Å². The van der Waals surface area contributed by atoms with Crippen LogP contribution in [0.25, 0.3) is 10.8 Å². The van der Waals surface area contributed by atoms with Crippen LogP contribution < -0.4 is 14.4 Å². The van der Waals surface area contributed by atoms with E-state index in [1.54, 1.807) is 14.2 Å². The Morgan fingerprint density at radius 1 is 0.939 bits per heavy atom. The predicted molar refractivity (Wildman–Crippen MR) is 133 cm³/mol. The van der Waals surface area contributed by atoms with Crippen LogP contribution in [0.2, 0.25) is 5.02 Å². The maximum Gasteiger partial charge on any atom is 0.228 e. The lowest BCUT2D eigenvalue weighted by Crippen LogP contribution is -2.36. The topological polar surface area (TPSA) is 38.8 Å². The van der Waals surface area contributed by atoms with Crippen molar-refractivity contribution in [3.8, 4) is 11.5 Å². The van der Waals surface area contributed by atoms with E-state index >= 15 is 0 Å². The number of ether oxygens (including phenoxy) is 2. The summed E-state index contributed by atoms with van der Waals surface area (Å²) in [6.07, 6.45) is 0.328. The molecule has 4 aromatic carbocycles. The maximum atomic E-state index is 13.6. The van der Waals surface area contributed by atoms with Gasteiger partial charge >= 0.3 is 0 Å². The normalized spacial score (nSPS) is 15.4. The summed E-state index contributed by atoms with van der Waals surface area (Å²) in [7, 11) is 3.30. The van der Waals surface area contributed by atoms with Crippen molar-refractivity contribution >= 4 is 34.0 Å². The van der Waals surface area contributed by atoms with Gasteiger partial charge in [-0.1, -0.05) is 60.1 Å². The number of rotatable bonds is 5. The molecule has 5 heteroatoms. The molecule has 1 aliphatic rings. The van der Waals surface area contributed by atoms with Gasteiger partial charge in [-0.3, -0.25) is 4.79 Å². The van der Waals surface area contributed by atoms with Gasteiger partial charge in [-0.25, -0.2) is 0 Å². The molecule has 1 heterocycles. The number of fused-ring (bicyclic) bond motifs is 3. The molecule has 166 valence electrons. The Morgan fingerprint density at radius 2 is 1.73 bits per heavy atom. The molecule has 0 aromatic heterocycles. The number of carbonyl (C=O) groups excluding carboxylic acids is 1. The Labute approximate surface area is 198 Å². The lowest BCUT2D eigenvalue weighted by Gasteiger charge is -2.36. The number of amides is 1. The van der Waals surface area contributed by atoms with Crippen LogP contribution in [-0.2, 0) is 11.3 Å². The molecule has 0 aliphatic carbocycles. The number of nitrogens with zero attached hydrogens (tertiary/aromatic N) is 1. The summed E-state index contributed by atoms with van der Waals surface area (Å²) in [4.78, 5) is 15.4. The molecule has 1 atom stereocenters. The van der Waals surface area contributed by atoms with Gasteiger partial charge in [-0.15, -0.1) is 0 Å². The average Bonchev–Trinajstić information content (AvgIpc) is 2.85. The molecule has 0 radical (unpaired) electrons. The smallest absolute Gasteiger partial charge is 0.228 e. The number of benzene rings is 4. The second kappa shape index (κ2) is 8.80. The Morgan fingerprint density at radius 3 is 2.52 bits per heavy atom. The zero-order chi connectivity index (χ0) is 22.9. The summed E-state index contributed by atoms with van der Waals surface area (Å²) in [5.41, 5.74) is 3.88. The summed E-state index contributed by atoms with van der Waals surface area (Å²) in [5, 5.41) is 2.92. The number of hydrogen-bond acceptors (Lipinski definition) is 3. The number of hydrogen-bond donors (Lipinski definition) is 0. The molecule has 0 saturated heterocycles. The summed E-state index contributed by atoms with van der Waals surface area (Å²) in [5.74, 6) is 1.37. The fourth-order valence-electron chi connectivity index (χ4n) is 4.75. The van der Waals surface area contributed by atoms with Crippen molar-refractivity contribution in [2.75, 3.05) is 19.1 Å². The van der Waals surface area contributed by atoms with Gasteiger partial charge in [0.15, 0.2) is 0 Å². The van der Waals surface area contributed by atoms with Crippen molar-refractivity contribution < 1.29 is 14.3 Å². The second-order valence-electron chi connectivity index (χ2n) is 8.16. The van der Waals surface area contributed by atoms with Crippen LogP contribution in [0.15, 0.2) is 78.9 Å². The SMILES string of the molecule is COc1ccc(OC)c(C2CC(=O)N(Cc3ccccc3Cl)c3ccc4ccccc4c32)c1. The average molecular weight is 458 g/mol. The van der Waals surface area contributed by atoms with Crippen molar-refractivity contribution in [1.29, 1.82) is 0 Å². The van der Waals surface area contributed by atoms with E-state index < -0.39 is 0 Å². The highest BCUT2D eigenvalue weighted by Crippen LogP contribution is 2.47. The fraction of sp³-hybridized carbons (Fsp3) is 0.179. The molecule has 0 bridgehead atoms. The first kappa shape index (κ1) is 21.4. The molecule has 4 nitrogen and oxygen atoms in total. The summed E-state index contributed by atoms with van der Waals surface area (Å²) >= 11 is 6.44. The van der Waals surface area contributed by atoms with Gasteiger partial charge in [0.2, 0.25) is 5.91 Å². The maximum absolute atomic E-state index is 13.6. The number of methoxy groups -OCH3 is 2. The Kier molecular flexibility index (Phi) is 5.69. The first-order valence-electron chi connectivity index (χ1n) is 10.9. The van der Waals surface area contributed by atoms with Crippen molar-refractivity contribution in [3.63, 3.8) is 0 Å². The van der Waals surface area contributed by atoms with E-state index in [0.29, 0.717) is 18.0 Å². The molecular formula is C28H24ClNO3. The van der Waals surface area contributed by atoms with E-state index in [-0.39, 0.29) is 11.8 Å². The van der Waals surface area contributed by atoms with Crippen LogP contribution in [0.3, 0.4) is 0 Å². The molecule has 0 N–H and O–H groups in total. The Hall–Kier alpha value is -3.50. The monoisotopic (exact) mass is 457 g/mol. The van der Waals surface area contributed by atoms with Gasteiger partial charge in [-0.2, -0.15) is 0 Å². The molecule has 1 aliphatic heterocycles.